The summed E-state index contributed by atoms with van der Waals surface area (Å²) in [5, 5.41) is 0. The van der Waals surface area contributed by atoms with E-state index in [1.807, 2.05) is 12.1 Å². The molecule has 1 aromatic rings. The molecular weight excluding hydrogens is 260 g/mol. The van der Waals surface area contributed by atoms with Crippen molar-refractivity contribution in [1.82, 2.24) is 4.90 Å². The summed E-state index contributed by atoms with van der Waals surface area (Å²) in [6.07, 6.45) is 12.5. The molecule has 0 aliphatic heterocycles. The van der Waals surface area contributed by atoms with Gasteiger partial charge in [-0.25, -0.2) is 0 Å². The number of hydrogen-bond acceptors (Lipinski definition) is 3. The van der Waals surface area contributed by atoms with Gasteiger partial charge in [-0.2, -0.15) is 0 Å². The molecule has 0 radical (unpaired) electrons. The van der Waals surface area contributed by atoms with Crippen LogP contribution in [0.5, 0.6) is 0 Å². The van der Waals surface area contributed by atoms with Crippen molar-refractivity contribution < 1.29 is 4.42 Å². The molecule has 3 nitrogen and oxygen atoms in total. The van der Waals surface area contributed by atoms with Crippen LogP contribution in [0.2, 0.25) is 0 Å². The van der Waals surface area contributed by atoms with Gasteiger partial charge in [0.15, 0.2) is 0 Å². The van der Waals surface area contributed by atoms with Crippen molar-refractivity contribution in [1.29, 1.82) is 0 Å². The predicted molar refractivity (Wildman–Crippen MR) is 90.2 cm³/mol. The maximum absolute atomic E-state index is 5.99. The first-order valence-electron chi connectivity index (χ1n) is 8.78. The van der Waals surface area contributed by atoms with Gasteiger partial charge in [0.25, 0.3) is 0 Å². The average Bonchev–Trinajstić information content (AvgIpc) is 3.01. The van der Waals surface area contributed by atoms with E-state index < -0.39 is 0 Å². The highest BCUT2D eigenvalue weighted by molar-refractivity contribution is 4.98. The van der Waals surface area contributed by atoms with Gasteiger partial charge in [0, 0.05) is 12.6 Å². The maximum atomic E-state index is 5.99. The number of unbranched alkanes of at least 4 members (excludes halogenated alkanes) is 6. The summed E-state index contributed by atoms with van der Waals surface area (Å²) >= 11 is 0. The zero-order valence-electron chi connectivity index (χ0n) is 14.0. The Bertz CT molecular complexity index is 324. The zero-order chi connectivity index (χ0) is 15.3. The minimum atomic E-state index is 0.482. The van der Waals surface area contributed by atoms with E-state index in [2.05, 4.69) is 18.7 Å². The molecule has 1 rings (SSSR count). The van der Waals surface area contributed by atoms with Gasteiger partial charge in [0.05, 0.1) is 12.8 Å². The second kappa shape index (κ2) is 11.8. The molecule has 3 heteroatoms. The summed E-state index contributed by atoms with van der Waals surface area (Å²) < 4.78 is 5.46. The molecule has 2 N–H and O–H groups in total. The van der Waals surface area contributed by atoms with Crippen LogP contribution < -0.4 is 5.73 Å². The Hall–Kier alpha value is -0.800. The topological polar surface area (TPSA) is 42.4 Å². The lowest BCUT2D eigenvalue weighted by atomic mass is 10.0. The molecule has 1 unspecified atom stereocenters. The Morgan fingerprint density at radius 3 is 2.38 bits per heavy atom. The van der Waals surface area contributed by atoms with Crippen LogP contribution in [0.1, 0.15) is 71.0 Å². The third-order valence-electron chi connectivity index (χ3n) is 4.27. The van der Waals surface area contributed by atoms with Gasteiger partial charge in [0.1, 0.15) is 5.76 Å². The van der Waals surface area contributed by atoms with Gasteiger partial charge >= 0.3 is 0 Å². The third-order valence-corrected chi connectivity index (χ3v) is 4.27. The van der Waals surface area contributed by atoms with Gasteiger partial charge in [0.2, 0.25) is 0 Å². The summed E-state index contributed by atoms with van der Waals surface area (Å²) in [5.74, 6) is 1.04. The predicted octanol–water partition coefficient (Wildman–Crippen LogP) is 4.57. The minimum absolute atomic E-state index is 0.482. The van der Waals surface area contributed by atoms with Crippen LogP contribution in [-0.2, 0) is 6.54 Å². The van der Waals surface area contributed by atoms with E-state index in [9.17, 15) is 0 Å². The molecule has 0 aliphatic carbocycles. The van der Waals surface area contributed by atoms with Crippen molar-refractivity contribution >= 4 is 0 Å². The molecule has 0 spiro atoms. The molecule has 0 saturated heterocycles. The second-order valence-electron chi connectivity index (χ2n) is 5.94. The highest BCUT2D eigenvalue weighted by Gasteiger charge is 2.16. The first-order valence-corrected chi connectivity index (χ1v) is 8.78. The lowest BCUT2D eigenvalue weighted by Crippen LogP contribution is -2.40. The van der Waals surface area contributed by atoms with Gasteiger partial charge in [-0.1, -0.05) is 58.8 Å². The van der Waals surface area contributed by atoms with E-state index in [-0.39, 0.29) is 0 Å². The van der Waals surface area contributed by atoms with Gasteiger partial charge < -0.3 is 10.2 Å². The lowest BCUT2D eigenvalue weighted by molar-refractivity contribution is 0.175. The Morgan fingerprint density at radius 1 is 1.10 bits per heavy atom. The van der Waals surface area contributed by atoms with Crippen LogP contribution in [0, 0.1) is 0 Å². The second-order valence-corrected chi connectivity index (χ2v) is 5.94. The first kappa shape index (κ1) is 18.2. The quantitative estimate of drug-likeness (QED) is 0.542. The van der Waals surface area contributed by atoms with Crippen LogP contribution in [0.3, 0.4) is 0 Å². The largest absolute Gasteiger partial charge is 0.468 e. The summed E-state index contributed by atoms with van der Waals surface area (Å²) in [4.78, 5) is 2.44. The van der Waals surface area contributed by atoms with Gasteiger partial charge in [-0.05, 0) is 25.1 Å². The fourth-order valence-corrected chi connectivity index (χ4v) is 2.89. The van der Waals surface area contributed by atoms with Crippen molar-refractivity contribution in [2.75, 3.05) is 13.1 Å². The fourth-order valence-electron chi connectivity index (χ4n) is 2.89. The standard InChI is InChI=1S/C18H34N2O/c1-3-5-6-7-8-9-10-12-17(15-19)20(4-2)16-18-13-11-14-21-18/h11,13-14,17H,3-10,12,15-16,19H2,1-2H3. The van der Waals surface area contributed by atoms with Gasteiger partial charge in [-0.3, -0.25) is 4.90 Å². The molecule has 0 fully saturated rings. The smallest absolute Gasteiger partial charge is 0.117 e. The number of rotatable bonds is 13. The molecule has 0 amide bonds. The Morgan fingerprint density at radius 2 is 1.81 bits per heavy atom. The van der Waals surface area contributed by atoms with Crippen LogP contribution in [0.4, 0.5) is 0 Å². The Labute approximate surface area is 130 Å². The Kier molecular flexibility index (Phi) is 10.3. The molecule has 1 aromatic heterocycles. The Balaban J connectivity index is 2.22. The molecule has 1 heterocycles. The number of likely N-dealkylation sites (N-methyl/N-ethyl adjacent to an activating group) is 1. The molecule has 0 aliphatic rings. The molecule has 1 atom stereocenters. The van der Waals surface area contributed by atoms with Crippen LogP contribution in [-0.4, -0.2) is 24.0 Å². The number of nitrogens with zero attached hydrogens (tertiary/aromatic N) is 1. The normalized spacial score (nSPS) is 13.0. The summed E-state index contributed by atoms with van der Waals surface area (Å²) in [6.45, 7) is 7.12. The molecule has 21 heavy (non-hydrogen) atoms. The number of furan rings is 1. The summed E-state index contributed by atoms with van der Waals surface area (Å²) in [6, 6.07) is 4.48. The average molecular weight is 294 g/mol. The molecule has 0 saturated carbocycles. The molecular formula is C18H34N2O. The van der Waals surface area contributed by atoms with Gasteiger partial charge in [-0.15, -0.1) is 0 Å². The maximum Gasteiger partial charge on any atom is 0.117 e. The van der Waals surface area contributed by atoms with E-state index in [4.69, 9.17) is 10.2 Å². The van der Waals surface area contributed by atoms with Crippen molar-refractivity contribution in [3.63, 3.8) is 0 Å². The monoisotopic (exact) mass is 294 g/mol. The van der Waals surface area contributed by atoms with E-state index in [1.54, 1.807) is 6.26 Å². The van der Waals surface area contributed by atoms with E-state index in [0.29, 0.717) is 6.04 Å². The molecule has 122 valence electrons. The van der Waals surface area contributed by atoms with Crippen LogP contribution in [0.15, 0.2) is 22.8 Å². The highest BCUT2D eigenvalue weighted by atomic mass is 16.3. The number of nitrogens with two attached hydrogens (primary N) is 1. The highest BCUT2D eigenvalue weighted by Crippen LogP contribution is 2.15. The van der Waals surface area contributed by atoms with Crippen molar-refractivity contribution in [3.05, 3.63) is 24.2 Å². The molecule has 0 bridgehead atoms. The molecule has 0 aromatic carbocycles. The minimum Gasteiger partial charge on any atom is -0.468 e. The third kappa shape index (κ3) is 7.68. The SMILES string of the molecule is CCCCCCCCCC(CN)N(CC)Cc1ccco1. The summed E-state index contributed by atoms with van der Waals surface area (Å²) in [5.41, 5.74) is 5.99. The lowest BCUT2D eigenvalue weighted by Gasteiger charge is -2.29. The van der Waals surface area contributed by atoms with E-state index >= 15 is 0 Å². The number of hydrogen-bond donors (Lipinski definition) is 1. The summed E-state index contributed by atoms with van der Waals surface area (Å²) in [7, 11) is 0. The van der Waals surface area contributed by atoms with E-state index in [1.165, 1.54) is 51.4 Å². The first-order chi connectivity index (χ1) is 10.3. The van der Waals surface area contributed by atoms with E-state index in [0.717, 1.165) is 25.4 Å². The van der Waals surface area contributed by atoms with Crippen molar-refractivity contribution in [2.45, 2.75) is 77.8 Å². The van der Waals surface area contributed by atoms with Crippen LogP contribution in [0.25, 0.3) is 0 Å². The zero-order valence-corrected chi connectivity index (χ0v) is 14.0. The van der Waals surface area contributed by atoms with Crippen LogP contribution >= 0.6 is 0 Å². The van der Waals surface area contributed by atoms with Crippen molar-refractivity contribution in [3.8, 4) is 0 Å². The van der Waals surface area contributed by atoms with Crippen molar-refractivity contribution in [2.24, 2.45) is 5.73 Å². The fraction of sp³-hybridized carbons (Fsp3) is 0.778.